The van der Waals surface area contributed by atoms with Crippen LogP contribution in [0, 0.1) is 0 Å². The molecule has 292 valence electrons. The van der Waals surface area contributed by atoms with Crippen molar-refractivity contribution in [2.45, 2.75) is 107 Å². The molecule has 2 saturated heterocycles. The third-order valence-corrected chi connectivity index (χ3v) is 14.2. The van der Waals surface area contributed by atoms with Gasteiger partial charge in [-0.3, -0.25) is 43.1 Å². The number of nitrogens with one attached hydrogen (secondary N) is 2. The molecule has 2 aliphatic heterocycles. The summed E-state index contributed by atoms with van der Waals surface area (Å²) in [7, 11) is -7.52. The zero-order valence-corrected chi connectivity index (χ0v) is 33.3. The summed E-state index contributed by atoms with van der Waals surface area (Å²) in [6.07, 6.45) is 3.21. The van der Waals surface area contributed by atoms with Gasteiger partial charge in [0.15, 0.2) is 0 Å². The number of thioether (sulfide) groups is 2. The standard InChI is InChI=1S/C31H54N4O12P2S2/c1-22(2)48(42,43)46-16-9-5-6-12-32-26(36)10-18-50-24-20-28(38)34(30(24)40)14-7-8-15-35-29(39)21-25(31(35)41)51-19-11-27(37)33-13-17-47-49(44,45)23(3)4/h22-25H,5-21H2,1-4H3,(H,32,36)(H,33,37)(H,42,43)(H,44,45)/p-1. The number of carbonyl (C=O) groups is 6. The topological polar surface area (TPSA) is 229 Å². The van der Waals surface area contributed by atoms with E-state index in [1.165, 1.54) is 47.2 Å². The first kappa shape index (κ1) is 45.4. The van der Waals surface area contributed by atoms with Crippen molar-refractivity contribution in [3.8, 4) is 0 Å². The molecule has 16 nitrogen and oxygen atoms in total. The molecule has 51 heavy (non-hydrogen) atoms. The van der Waals surface area contributed by atoms with Gasteiger partial charge in [-0.2, -0.15) is 0 Å². The molecule has 2 rings (SSSR count). The fourth-order valence-corrected chi connectivity index (χ4v) is 8.40. The van der Waals surface area contributed by atoms with Crippen LogP contribution in [-0.4, -0.2) is 123 Å². The largest absolute Gasteiger partial charge is 0.778 e. The number of nitrogens with zero attached hydrogens (tertiary/aromatic N) is 2. The summed E-state index contributed by atoms with van der Waals surface area (Å²) in [6, 6.07) is 0. The molecule has 0 aromatic heterocycles. The van der Waals surface area contributed by atoms with E-state index in [1.807, 2.05) is 0 Å². The summed E-state index contributed by atoms with van der Waals surface area (Å²) in [4.78, 5) is 98.5. The Hall–Kier alpha value is -1.78. The highest BCUT2D eigenvalue weighted by molar-refractivity contribution is 8.00. The monoisotopic (exact) mass is 799 g/mol. The first-order valence-electron chi connectivity index (χ1n) is 17.3. The average molecular weight is 800 g/mol. The maximum absolute atomic E-state index is 12.8. The van der Waals surface area contributed by atoms with Crippen molar-refractivity contribution < 1.29 is 56.7 Å². The summed E-state index contributed by atoms with van der Waals surface area (Å²) < 4.78 is 33.3. The van der Waals surface area contributed by atoms with Gasteiger partial charge < -0.3 is 34.0 Å². The predicted molar refractivity (Wildman–Crippen MR) is 193 cm³/mol. The van der Waals surface area contributed by atoms with Crippen molar-refractivity contribution in [1.29, 1.82) is 0 Å². The molecular weight excluding hydrogens is 746 g/mol. The first-order valence-corrected chi connectivity index (χ1v) is 22.7. The summed E-state index contributed by atoms with van der Waals surface area (Å²) in [5.41, 5.74) is -1.11. The lowest BCUT2D eigenvalue weighted by molar-refractivity contribution is -0.200. The van der Waals surface area contributed by atoms with Crippen LogP contribution in [0.25, 0.3) is 0 Å². The molecule has 0 bridgehead atoms. The molecule has 2 fully saturated rings. The van der Waals surface area contributed by atoms with Gasteiger partial charge in [0.2, 0.25) is 35.4 Å². The smallest absolute Gasteiger partial charge is 0.330 e. The van der Waals surface area contributed by atoms with Crippen LogP contribution in [0.4, 0.5) is 0 Å². The van der Waals surface area contributed by atoms with Gasteiger partial charge in [-0.25, -0.2) is 0 Å². The molecule has 4 atom stereocenters. The number of imide groups is 2. The summed E-state index contributed by atoms with van der Waals surface area (Å²) in [5.74, 6) is -1.06. The van der Waals surface area contributed by atoms with E-state index in [0.29, 0.717) is 43.7 Å². The van der Waals surface area contributed by atoms with E-state index in [0.717, 1.165) is 6.42 Å². The van der Waals surface area contributed by atoms with Crippen LogP contribution in [0.2, 0.25) is 0 Å². The fraction of sp³-hybridized carbons (Fsp3) is 0.806. The van der Waals surface area contributed by atoms with Gasteiger partial charge >= 0.3 is 7.60 Å². The van der Waals surface area contributed by atoms with Crippen LogP contribution < -0.4 is 15.5 Å². The Kier molecular flexibility index (Phi) is 20.0. The van der Waals surface area contributed by atoms with Crippen molar-refractivity contribution >= 4 is 74.2 Å². The molecule has 0 radical (unpaired) electrons. The molecular formula is C31H53N4O12P2S2-. The van der Waals surface area contributed by atoms with Crippen molar-refractivity contribution in [2.75, 3.05) is 50.9 Å². The third-order valence-electron chi connectivity index (χ3n) is 8.11. The number of likely N-dealkylation sites (tertiary alicyclic amines) is 2. The zero-order chi connectivity index (χ0) is 38.2. The highest BCUT2D eigenvalue weighted by Crippen LogP contribution is 2.47. The maximum atomic E-state index is 12.8. The molecule has 0 aliphatic carbocycles. The lowest BCUT2D eigenvalue weighted by Gasteiger charge is -2.26. The Labute approximate surface area is 308 Å². The number of rotatable bonds is 26. The van der Waals surface area contributed by atoms with Gasteiger partial charge in [0.05, 0.1) is 29.4 Å². The van der Waals surface area contributed by atoms with Gasteiger partial charge in [-0.1, -0.05) is 27.7 Å². The van der Waals surface area contributed by atoms with Gasteiger partial charge in [-0.05, 0) is 32.1 Å². The molecule has 4 unspecified atom stereocenters. The molecule has 0 saturated carbocycles. The minimum Gasteiger partial charge on any atom is -0.778 e. The maximum Gasteiger partial charge on any atom is 0.330 e. The number of carbonyl (C=O) groups excluding carboxylic acids is 6. The van der Waals surface area contributed by atoms with Gasteiger partial charge in [0.1, 0.15) is 7.60 Å². The highest BCUT2D eigenvalue weighted by Gasteiger charge is 2.40. The fourth-order valence-electron chi connectivity index (χ4n) is 4.83. The molecule has 20 heteroatoms. The Balaban J connectivity index is 1.57. The number of amides is 6. The van der Waals surface area contributed by atoms with E-state index in [9.17, 15) is 47.7 Å². The lowest BCUT2D eigenvalue weighted by Crippen LogP contribution is -2.34. The number of hydrogen-bond donors (Lipinski definition) is 3. The first-order chi connectivity index (χ1) is 24.0. The number of unbranched alkanes of at least 4 members (excludes halogenated alkanes) is 3. The minimum atomic E-state index is -3.95. The Bertz CT molecular complexity index is 1320. The van der Waals surface area contributed by atoms with Crippen molar-refractivity contribution in [2.24, 2.45) is 0 Å². The van der Waals surface area contributed by atoms with Gasteiger partial charge in [-0.15, -0.1) is 23.5 Å². The Morgan fingerprint density at radius 3 is 1.73 bits per heavy atom. The highest BCUT2D eigenvalue weighted by atomic mass is 32.2. The minimum absolute atomic E-state index is 0.0252. The van der Waals surface area contributed by atoms with Crippen LogP contribution in [0.15, 0.2) is 0 Å². The van der Waals surface area contributed by atoms with E-state index in [2.05, 4.69) is 10.6 Å². The molecule has 6 amide bonds. The summed E-state index contributed by atoms with van der Waals surface area (Å²) in [5, 5.41) is 4.21. The van der Waals surface area contributed by atoms with Crippen molar-refractivity contribution in [1.82, 2.24) is 20.4 Å². The molecule has 0 aromatic carbocycles. The van der Waals surface area contributed by atoms with E-state index >= 15 is 0 Å². The normalized spacial score (nSPS) is 20.4. The molecule has 0 aromatic rings. The van der Waals surface area contributed by atoms with Crippen LogP contribution in [0.1, 0.15) is 85.5 Å². The van der Waals surface area contributed by atoms with Crippen LogP contribution in [0.3, 0.4) is 0 Å². The Morgan fingerprint density at radius 1 is 0.765 bits per heavy atom. The predicted octanol–water partition coefficient (Wildman–Crippen LogP) is 2.26. The summed E-state index contributed by atoms with van der Waals surface area (Å²) in [6.45, 7) is 7.10. The van der Waals surface area contributed by atoms with E-state index in [-0.39, 0.29) is 94.0 Å². The average Bonchev–Trinajstić information content (AvgIpc) is 3.48. The van der Waals surface area contributed by atoms with Gasteiger partial charge in [0.25, 0.3) is 0 Å². The van der Waals surface area contributed by atoms with Crippen LogP contribution in [0.5, 0.6) is 0 Å². The molecule has 3 N–H and O–H groups in total. The van der Waals surface area contributed by atoms with E-state index in [4.69, 9.17) is 9.05 Å². The second kappa shape index (κ2) is 22.4. The van der Waals surface area contributed by atoms with Crippen LogP contribution >= 0.6 is 38.7 Å². The van der Waals surface area contributed by atoms with Crippen LogP contribution in [-0.2, 0) is 46.9 Å². The second-order valence-electron chi connectivity index (χ2n) is 12.8. The van der Waals surface area contributed by atoms with E-state index < -0.39 is 37.0 Å². The quantitative estimate of drug-likeness (QED) is 0.0648. The molecule has 0 spiro atoms. The van der Waals surface area contributed by atoms with Crippen molar-refractivity contribution in [3.63, 3.8) is 0 Å². The summed E-state index contributed by atoms with van der Waals surface area (Å²) >= 11 is 2.48. The van der Waals surface area contributed by atoms with E-state index in [1.54, 1.807) is 13.8 Å². The SMILES string of the molecule is CC(C)P(=O)([O-])OCCNC(=O)CCSC1CC(=O)N(CCCCN2C(=O)CC(SCCC(=O)NCCCCCOP(=O)(O)C(C)C)C2=O)C1=O. The lowest BCUT2D eigenvalue weighted by atomic mass is 10.2. The second-order valence-corrected chi connectivity index (χ2v) is 20.2. The third kappa shape index (κ3) is 16.0. The number of hydrogen-bond acceptors (Lipinski definition) is 13. The molecule has 2 aliphatic rings. The molecule has 2 heterocycles. The van der Waals surface area contributed by atoms with Crippen molar-refractivity contribution in [3.05, 3.63) is 0 Å². The van der Waals surface area contributed by atoms with Gasteiger partial charge in [0, 0.05) is 69.0 Å². The Morgan fingerprint density at radius 2 is 1.25 bits per heavy atom. The zero-order valence-electron chi connectivity index (χ0n) is 29.9.